The highest BCUT2D eigenvalue weighted by atomic mass is 35.5. The fourth-order valence-electron chi connectivity index (χ4n) is 2.46. The Labute approximate surface area is 77.9 Å². The van der Waals surface area contributed by atoms with E-state index >= 15 is 0 Å². The normalized spacial score (nSPS) is 38.8. The van der Waals surface area contributed by atoms with E-state index in [-0.39, 0.29) is 18.4 Å². The van der Waals surface area contributed by atoms with Gasteiger partial charge < -0.3 is 10.4 Å². The van der Waals surface area contributed by atoms with Gasteiger partial charge in [-0.25, -0.2) is 0 Å². The van der Waals surface area contributed by atoms with E-state index in [9.17, 15) is 4.79 Å². The molecule has 2 aliphatic rings. The highest BCUT2D eigenvalue weighted by molar-refractivity contribution is 5.85. The van der Waals surface area contributed by atoms with Crippen molar-refractivity contribution < 1.29 is 9.90 Å². The minimum Gasteiger partial charge on any atom is -0.480 e. The van der Waals surface area contributed by atoms with Gasteiger partial charge in [-0.05, 0) is 31.2 Å². The van der Waals surface area contributed by atoms with Gasteiger partial charge in [0.1, 0.15) is 6.04 Å². The van der Waals surface area contributed by atoms with E-state index in [0.29, 0.717) is 11.8 Å². The Balaban J connectivity index is 0.000000720. The van der Waals surface area contributed by atoms with Crippen LogP contribution in [0.3, 0.4) is 0 Å². The Bertz CT molecular complexity index is 186. The Kier molecular flexibility index (Phi) is 2.96. The van der Waals surface area contributed by atoms with Crippen molar-refractivity contribution in [2.24, 2.45) is 11.8 Å². The first kappa shape index (κ1) is 9.81. The molecule has 0 amide bonds. The zero-order valence-electron chi connectivity index (χ0n) is 6.82. The predicted octanol–water partition coefficient (Wildman–Crippen LogP) is 0.881. The van der Waals surface area contributed by atoms with Gasteiger partial charge in [-0.1, -0.05) is 6.42 Å². The topological polar surface area (TPSA) is 49.3 Å². The lowest BCUT2D eigenvalue weighted by Crippen LogP contribution is -2.35. The summed E-state index contributed by atoms with van der Waals surface area (Å²) in [6.45, 7) is 0.918. The summed E-state index contributed by atoms with van der Waals surface area (Å²) in [7, 11) is 0. The minimum absolute atomic E-state index is 0. The van der Waals surface area contributed by atoms with E-state index in [2.05, 4.69) is 5.32 Å². The average molecular weight is 192 g/mol. The van der Waals surface area contributed by atoms with Crippen molar-refractivity contribution in [2.75, 3.05) is 6.54 Å². The summed E-state index contributed by atoms with van der Waals surface area (Å²) in [4.78, 5) is 10.7. The first-order chi connectivity index (χ1) is 5.29. The van der Waals surface area contributed by atoms with E-state index in [0.717, 1.165) is 13.0 Å². The average Bonchev–Trinajstić information content (AvgIpc) is 2.41. The number of hydrogen-bond donors (Lipinski definition) is 2. The van der Waals surface area contributed by atoms with Gasteiger partial charge in [-0.2, -0.15) is 0 Å². The molecule has 1 heterocycles. The van der Waals surface area contributed by atoms with Crippen LogP contribution in [0.15, 0.2) is 0 Å². The summed E-state index contributed by atoms with van der Waals surface area (Å²) >= 11 is 0. The van der Waals surface area contributed by atoms with Crippen molar-refractivity contribution in [3.63, 3.8) is 0 Å². The van der Waals surface area contributed by atoms with Crippen molar-refractivity contribution in [1.82, 2.24) is 5.32 Å². The molecule has 3 atom stereocenters. The summed E-state index contributed by atoms with van der Waals surface area (Å²) < 4.78 is 0. The SMILES string of the molecule is Cl.O=C(O)C1NCC2CCCC21. The molecular weight excluding hydrogens is 178 g/mol. The summed E-state index contributed by atoms with van der Waals surface area (Å²) in [6.07, 6.45) is 3.55. The number of halogens is 1. The Morgan fingerprint density at radius 3 is 2.83 bits per heavy atom. The molecule has 2 N–H and O–H groups in total. The van der Waals surface area contributed by atoms with Gasteiger partial charge >= 0.3 is 5.97 Å². The lowest BCUT2D eigenvalue weighted by Gasteiger charge is -2.12. The van der Waals surface area contributed by atoms with Crippen LogP contribution in [-0.2, 0) is 4.79 Å². The number of nitrogens with one attached hydrogen (secondary N) is 1. The summed E-state index contributed by atoms with van der Waals surface area (Å²) in [5.74, 6) is 0.406. The third kappa shape index (κ3) is 1.43. The molecule has 1 aliphatic carbocycles. The predicted molar refractivity (Wildman–Crippen MR) is 47.5 cm³/mol. The number of rotatable bonds is 1. The van der Waals surface area contributed by atoms with Gasteiger partial charge in [-0.15, -0.1) is 12.4 Å². The van der Waals surface area contributed by atoms with E-state index in [1.54, 1.807) is 0 Å². The fourth-order valence-corrected chi connectivity index (χ4v) is 2.46. The molecule has 1 saturated carbocycles. The second kappa shape index (κ2) is 3.62. The smallest absolute Gasteiger partial charge is 0.320 e. The lowest BCUT2D eigenvalue weighted by molar-refractivity contribution is -0.140. The third-order valence-corrected chi connectivity index (χ3v) is 3.01. The zero-order chi connectivity index (χ0) is 7.84. The van der Waals surface area contributed by atoms with Gasteiger partial charge in [0.15, 0.2) is 0 Å². The molecule has 4 heteroatoms. The largest absolute Gasteiger partial charge is 0.480 e. The molecule has 0 aromatic carbocycles. The molecule has 3 unspecified atom stereocenters. The molecule has 2 fully saturated rings. The van der Waals surface area contributed by atoms with Crippen molar-refractivity contribution in [2.45, 2.75) is 25.3 Å². The number of carboxylic acids is 1. The molecule has 70 valence electrons. The van der Waals surface area contributed by atoms with Crippen LogP contribution < -0.4 is 5.32 Å². The van der Waals surface area contributed by atoms with Crippen molar-refractivity contribution in [1.29, 1.82) is 0 Å². The number of carboxylic acid groups (broad SMARTS) is 1. The van der Waals surface area contributed by atoms with Crippen LogP contribution in [0.25, 0.3) is 0 Å². The maximum absolute atomic E-state index is 10.7. The van der Waals surface area contributed by atoms with E-state index in [1.807, 2.05) is 0 Å². The summed E-state index contributed by atoms with van der Waals surface area (Å²) in [5, 5.41) is 11.9. The molecule has 0 aromatic rings. The zero-order valence-corrected chi connectivity index (χ0v) is 7.64. The first-order valence-corrected chi connectivity index (χ1v) is 4.25. The van der Waals surface area contributed by atoms with E-state index in [1.165, 1.54) is 12.8 Å². The van der Waals surface area contributed by atoms with Gasteiger partial charge in [0.25, 0.3) is 0 Å². The van der Waals surface area contributed by atoms with Crippen molar-refractivity contribution in [3.05, 3.63) is 0 Å². The standard InChI is InChI=1S/C8H13NO2.ClH/c10-8(11)7-6-3-1-2-5(6)4-9-7;/h5-7,9H,1-4H2,(H,10,11);1H. The monoisotopic (exact) mass is 191 g/mol. The van der Waals surface area contributed by atoms with Crippen LogP contribution >= 0.6 is 12.4 Å². The van der Waals surface area contributed by atoms with E-state index < -0.39 is 5.97 Å². The van der Waals surface area contributed by atoms with Crippen LogP contribution in [0, 0.1) is 11.8 Å². The number of carbonyl (C=O) groups is 1. The fraction of sp³-hybridized carbons (Fsp3) is 0.875. The molecule has 0 spiro atoms. The van der Waals surface area contributed by atoms with Crippen LogP contribution in [0.2, 0.25) is 0 Å². The minimum atomic E-state index is -0.667. The summed E-state index contributed by atoms with van der Waals surface area (Å²) in [5.41, 5.74) is 0. The quantitative estimate of drug-likeness (QED) is 0.647. The molecule has 1 aliphatic heterocycles. The lowest BCUT2D eigenvalue weighted by atomic mass is 9.94. The van der Waals surface area contributed by atoms with Crippen LogP contribution in [0.1, 0.15) is 19.3 Å². The highest BCUT2D eigenvalue weighted by Crippen LogP contribution is 2.37. The van der Waals surface area contributed by atoms with Gasteiger partial charge in [0.2, 0.25) is 0 Å². The van der Waals surface area contributed by atoms with Gasteiger partial charge in [0, 0.05) is 0 Å². The number of hydrogen-bond acceptors (Lipinski definition) is 2. The maximum atomic E-state index is 10.7. The van der Waals surface area contributed by atoms with Crippen molar-refractivity contribution >= 4 is 18.4 Å². The molecule has 3 nitrogen and oxygen atoms in total. The molecule has 0 radical (unpaired) electrons. The highest BCUT2D eigenvalue weighted by Gasteiger charge is 2.42. The molecule has 1 saturated heterocycles. The van der Waals surface area contributed by atoms with Crippen LogP contribution in [0.4, 0.5) is 0 Å². The second-order valence-corrected chi connectivity index (χ2v) is 3.58. The third-order valence-electron chi connectivity index (χ3n) is 3.01. The molecule has 0 bridgehead atoms. The summed E-state index contributed by atoms with van der Waals surface area (Å²) in [6, 6.07) is -0.248. The second-order valence-electron chi connectivity index (χ2n) is 3.58. The molecular formula is C8H14ClNO2. The molecule has 12 heavy (non-hydrogen) atoms. The van der Waals surface area contributed by atoms with Crippen LogP contribution in [-0.4, -0.2) is 23.7 Å². The number of aliphatic carboxylic acids is 1. The Morgan fingerprint density at radius 2 is 2.17 bits per heavy atom. The Morgan fingerprint density at radius 1 is 1.42 bits per heavy atom. The van der Waals surface area contributed by atoms with Gasteiger partial charge in [-0.3, -0.25) is 4.79 Å². The number of fused-ring (bicyclic) bond motifs is 1. The van der Waals surface area contributed by atoms with Gasteiger partial charge in [0.05, 0.1) is 0 Å². The first-order valence-electron chi connectivity index (χ1n) is 4.25. The van der Waals surface area contributed by atoms with E-state index in [4.69, 9.17) is 5.11 Å². The molecule has 0 aromatic heterocycles. The maximum Gasteiger partial charge on any atom is 0.320 e. The Hall–Kier alpha value is -0.280. The molecule has 2 rings (SSSR count). The van der Waals surface area contributed by atoms with Crippen molar-refractivity contribution in [3.8, 4) is 0 Å². The van der Waals surface area contributed by atoms with Crippen LogP contribution in [0.5, 0.6) is 0 Å².